The van der Waals surface area contributed by atoms with Crippen molar-refractivity contribution < 1.29 is 19.5 Å². The van der Waals surface area contributed by atoms with E-state index in [1.54, 1.807) is 17.2 Å². The number of aromatic hydroxyl groups is 1. The summed E-state index contributed by atoms with van der Waals surface area (Å²) in [5.74, 6) is 0.234. The summed E-state index contributed by atoms with van der Waals surface area (Å²) in [5, 5.41) is 10.9. The lowest BCUT2D eigenvalue weighted by molar-refractivity contribution is 0.371. The van der Waals surface area contributed by atoms with Crippen molar-refractivity contribution in [3.63, 3.8) is 0 Å². The highest BCUT2D eigenvalue weighted by Crippen LogP contribution is 2.44. The summed E-state index contributed by atoms with van der Waals surface area (Å²) in [4.78, 5) is 25.2. The first-order chi connectivity index (χ1) is 12.7. The molecular formula is C21H31N2O4P. The molecule has 6 nitrogen and oxygen atoms in total. The van der Waals surface area contributed by atoms with Crippen LogP contribution in [0, 0.1) is 0 Å². The molecule has 1 aromatic carbocycles. The number of aromatic nitrogens is 1. The van der Waals surface area contributed by atoms with Crippen LogP contribution in [-0.4, -0.2) is 26.2 Å². The number of hydrogen-bond acceptors (Lipinski definition) is 4. The van der Waals surface area contributed by atoms with Gasteiger partial charge in [-0.25, -0.2) is 0 Å². The Morgan fingerprint density at radius 2 is 1.54 bits per heavy atom. The van der Waals surface area contributed by atoms with Crippen LogP contribution in [0.5, 0.6) is 5.75 Å². The molecule has 0 aliphatic heterocycles. The lowest BCUT2D eigenvalue weighted by Crippen LogP contribution is -2.26. The lowest BCUT2D eigenvalue weighted by atomic mass is 9.79. The van der Waals surface area contributed by atoms with Gasteiger partial charge in [0.25, 0.3) is 0 Å². The van der Waals surface area contributed by atoms with Gasteiger partial charge in [-0.3, -0.25) is 9.55 Å². The van der Waals surface area contributed by atoms with E-state index in [1.165, 1.54) is 0 Å². The number of anilines is 1. The van der Waals surface area contributed by atoms with E-state index in [-0.39, 0.29) is 23.1 Å². The maximum atomic E-state index is 11.8. The largest absolute Gasteiger partial charge is 0.507 e. The molecule has 3 N–H and O–H groups in total. The predicted octanol–water partition coefficient (Wildman–Crippen LogP) is 4.52. The Balaban J connectivity index is 2.65. The molecule has 0 spiro atoms. The van der Waals surface area contributed by atoms with Gasteiger partial charge in [-0.2, -0.15) is 0 Å². The summed E-state index contributed by atoms with van der Waals surface area (Å²) in [6.45, 7) is 12.3. The monoisotopic (exact) mass is 406 g/mol. The number of hydrogen-bond donors (Lipinski definition) is 3. The van der Waals surface area contributed by atoms with Crippen LogP contribution in [0.4, 0.5) is 5.69 Å². The molecule has 154 valence electrons. The van der Waals surface area contributed by atoms with Crippen molar-refractivity contribution in [2.75, 3.05) is 11.2 Å². The summed E-state index contributed by atoms with van der Waals surface area (Å²) >= 11 is 0. The van der Waals surface area contributed by atoms with Crippen LogP contribution in [0.15, 0.2) is 36.5 Å². The summed E-state index contributed by atoms with van der Waals surface area (Å²) in [6, 6.07) is 9.11. The molecule has 0 amide bonds. The minimum absolute atomic E-state index is 0.234. The SMILES string of the molecule is CC(C)(C)c1cc(N(Cc2ccccn2)CP(=O)(O)O)cc(C(C)(C)C)c1O. The molecule has 7 heteroatoms. The third-order valence-electron chi connectivity index (χ3n) is 4.51. The van der Waals surface area contributed by atoms with Gasteiger partial charge in [0.1, 0.15) is 12.0 Å². The van der Waals surface area contributed by atoms with E-state index in [0.29, 0.717) is 11.4 Å². The molecule has 0 fully saturated rings. The van der Waals surface area contributed by atoms with Crippen LogP contribution >= 0.6 is 7.60 Å². The second-order valence-corrected chi connectivity index (χ2v) is 10.8. The highest BCUT2D eigenvalue weighted by atomic mass is 31.2. The Labute approximate surface area is 167 Å². The van der Waals surface area contributed by atoms with Crippen molar-refractivity contribution in [2.24, 2.45) is 0 Å². The number of rotatable bonds is 5. The molecule has 28 heavy (non-hydrogen) atoms. The standard InChI is InChI=1S/C21H31N2O4P/c1-20(2,3)17-11-16(12-18(19(17)24)21(4,5)6)23(14-28(25,26)27)13-15-9-7-8-10-22-15/h7-12,24H,13-14H2,1-6H3,(H2,25,26,27). The fourth-order valence-electron chi connectivity index (χ4n) is 3.08. The normalized spacial score (nSPS) is 12.9. The minimum atomic E-state index is -4.31. The molecule has 0 aliphatic carbocycles. The molecule has 0 unspecified atom stereocenters. The van der Waals surface area contributed by atoms with E-state index >= 15 is 0 Å². The predicted molar refractivity (Wildman–Crippen MR) is 113 cm³/mol. The van der Waals surface area contributed by atoms with Gasteiger partial charge in [0.05, 0.1) is 12.2 Å². The maximum Gasteiger partial charge on any atom is 0.344 e. The van der Waals surface area contributed by atoms with E-state index in [4.69, 9.17) is 0 Å². The van der Waals surface area contributed by atoms with Gasteiger partial charge in [0.15, 0.2) is 0 Å². The average molecular weight is 406 g/mol. The van der Waals surface area contributed by atoms with Gasteiger partial charge in [-0.05, 0) is 35.1 Å². The smallest absolute Gasteiger partial charge is 0.344 e. The van der Waals surface area contributed by atoms with E-state index in [9.17, 15) is 19.5 Å². The highest BCUT2D eigenvalue weighted by molar-refractivity contribution is 7.51. The number of pyridine rings is 1. The Hall–Kier alpha value is -1.88. The van der Waals surface area contributed by atoms with E-state index < -0.39 is 13.9 Å². The Morgan fingerprint density at radius 3 is 1.93 bits per heavy atom. The molecule has 2 rings (SSSR count). The zero-order chi connectivity index (χ0) is 21.3. The molecule has 0 saturated heterocycles. The van der Waals surface area contributed by atoms with E-state index in [2.05, 4.69) is 4.98 Å². The van der Waals surface area contributed by atoms with Crippen molar-refractivity contribution in [3.05, 3.63) is 53.3 Å². The third kappa shape index (κ3) is 5.81. The minimum Gasteiger partial charge on any atom is -0.507 e. The van der Waals surface area contributed by atoms with Gasteiger partial charge < -0.3 is 19.8 Å². The topological polar surface area (TPSA) is 93.9 Å². The second-order valence-electron chi connectivity index (χ2n) is 9.21. The second kappa shape index (κ2) is 7.86. The zero-order valence-electron chi connectivity index (χ0n) is 17.5. The molecule has 1 heterocycles. The Bertz CT molecular complexity index is 829. The fraction of sp³-hybridized carbons (Fsp3) is 0.476. The van der Waals surface area contributed by atoms with Crippen LogP contribution in [0.3, 0.4) is 0 Å². The number of benzene rings is 1. The summed E-state index contributed by atoms with van der Waals surface area (Å²) in [6.07, 6.45) is 1.23. The molecule has 1 aromatic heterocycles. The molecule has 2 aromatic rings. The quantitative estimate of drug-likeness (QED) is 0.632. The Kier molecular flexibility index (Phi) is 6.29. The lowest BCUT2D eigenvalue weighted by Gasteiger charge is -2.32. The first-order valence-corrected chi connectivity index (χ1v) is 11.1. The summed E-state index contributed by atoms with van der Waals surface area (Å²) in [5.41, 5.74) is 2.18. The zero-order valence-corrected chi connectivity index (χ0v) is 18.4. The molecule has 0 aliphatic rings. The van der Waals surface area contributed by atoms with Crippen molar-refractivity contribution in [3.8, 4) is 5.75 Å². The van der Waals surface area contributed by atoms with Gasteiger partial charge in [0, 0.05) is 23.0 Å². The van der Waals surface area contributed by atoms with Crippen LogP contribution in [0.2, 0.25) is 0 Å². The molecule has 0 saturated carbocycles. The van der Waals surface area contributed by atoms with Crippen molar-refractivity contribution >= 4 is 13.3 Å². The average Bonchev–Trinajstić information content (AvgIpc) is 2.52. The van der Waals surface area contributed by atoms with Gasteiger partial charge >= 0.3 is 7.60 Å². The van der Waals surface area contributed by atoms with Crippen LogP contribution in [0.25, 0.3) is 0 Å². The number of phenols is 1. The molecular weight excluding hydrogens is 375 g/mol. The Morgan fingerprint density at radius 1 is 1.00 bits per heavy atom. The highest BCUT2D eigenvalue weighted by Gasteiger charge is 2.29. The first kappa shape index (κ1) is 22.4. The van der Waals surface area contributed by atoms with Crippen LogP contribution < -0.4 is 4.90 Å². The van der Waals surface area contributed by atoms with Gasteiger partial charge in [-0.15, -0.1) is 0 Å². The molecule has 0 atom stereocenters. The van der Waals surface area contributed by atoms with E-state index in [0.717, 1.165) is 11.1 Å². The molecule has 0 bridgehead atoms. The summed E-state index contributed by atoms with van der Waals surface area (Å²) < 4.78 is 11.8. The van der Waals surface area contributed by atoms with Crippen molar-refractivity contribution in [2.45, 2.75) is 58.9 Å². The fourth-order valence-corrected chi connectivity index (χ4v) is 3.79. The third-order valence-corrected chi connectivity index (χ3v) is 5.22. The van der Waals surface area contributed by atoms with Crippen molar-refractivity contribution in [1.82, 2.24) is 4.98 Å². The summed E-state index contributed by atoms with van der Waals surface area (Å²) in [7, 11) is -4.31. The van der Waals surface area contributed by atoms with E-state index in [1.807, 2.05) is 65.8 Å². The number of nitrogens with zero attached hydrogens (tertiary/aromatic N) is 2. The molecule has 0 radical (unpaired) electrons. The maximum absolute atomic E-state index is 11.8. The first-order valence-electron chi connectivity index (χ1n) is 9.26. The van der Waals surface area contributed by atoms with Gasteiger partial charge in [0.2, 0.25) is 0 Å². The van der Waals surface area contributed by atoms with Crippen LogP contribution in [0.1, 0.15) is 58.4 Å². The van der Waals surface area contributed by atoms with Gasteiger partial charge in [-0.1, -0.05) is 47.6 Å². The van der Waals surface area contributed by atoms with Crippen LogP contribution in [-0.2, 0) is 21.9 Å². The van der Waals surface area contributed by atoms with Crippen molar-refractivity contribution in [1.29, 1.82) is 0 Å². The number of phenolic OH excluding ortho intramolecular Hbond substituents is 1.